The van der Waals surface area contributed by atoms with Crippen LogP contribution in [0.3, 0.4) is 0 Å². The molecular weight excluding hydrogens is 503 g/mol. The molecular formula is C30H25FN2O4S. The Bertz CT molecular complexity index is 1690. The van der Waals surface area contributed by atoms with Crippen LogP contribution in [0, 0.1) is 5.82 Å². The van der Waals surface area contributed by atoms with Gasteiger partial charge in [-0.05, 0) is 53.5 Å². The fraction of sp³-hybridized carbons (Fsp3) is 0.167. The predicted molar refractivity (Wildman–Crippen MR) is 144 cm³/mol. The van der Waals surface area contributed by atoms with Crippen LogP contribution in [0.2, 0.25) is 0 Å². The number of fused-ring (bicyclic) bond motifs is 1. The third-order valence-electron chi connectivity index (χ3n) is 6.24. The lowest BCUT2D eigenvalue weighted by atomic mass is 9.95. The van der Waals surface area contributed by atoms with E-state index in [9.17, 15) is 14.0 Å². The number of hydrogen-bond acceptors (Lipinski definition) is 6. The molecule has 1 aliphatic rings. The SMILES string of the molecule is CCC1=C(C(=O)OC)[C@H](c2ccccc2)n2c(s/c(=C/c3cccc(OCc4ccc(F)cc4)c3)c2=O)=N1. The molecule has 3 aromatic carbocycles. The van der Waals surface area contributed by atoms with Gasteiger partial charge in [0.1, 0.15) is 18.2 Å². The number of carbonyl (C=O) groups excluding carboxylic acids is 1. The summed E-state index contributed by atoms with van der Waals surface area (Å²) in [4.78, 5) is 31.8. The van der Waals surface area contributed by atoms with Gasteiger partial charge in [-0.15, -0.1) is 0 Å². The minimum Gasteiger partial charge on any atom is -0.489 e. The first-order valence-corrected chi connectivity index (χ1v) is 13.0. The van der Waals surface area contributed by atoms with E-state index >= 15 is 0 Å². The molecule has 0 unspecified atom stereocenters. The molecule has 0 N–H and O–H groups in total. The van der Waals surface area contributed by atoms with Crippen molar-refractivity contribution in [3.8, 4) is 5.75 Å². The number of carbonyl (C=O) groups is 1. The summed E-state index contributed by atoms with van der Waals surface area (Å²) in [6.45, 7) is 2.22. The molecule has 2 heterocycles. The van der Waals surface area contributed by atoms with Crippen LogP contribution >= 0.6 is 11.3 Å². The van der Waals surface area contributed by atoms with E-state index in [2.05, 4.69) is 4.99 Å². The highest BCUT2D eigenvalue weighted by atomic mass is 32.1. The molecule has 6 nitrogen and oxygen atoms in total. The minimum atomic E-state index is -0.637. The van der Waals surface area contributed by atoms with Gasteiger partial charge in [-0.25, -0.2) is 14.2 Å². The highest BCUT2D eigenvalue weighted by Gasteiger charge is 2.33. The zero-order valence-electron chi connectivity index (χ0n) is 20.9. The zero-order chi connectivity index (χ0) is 26.6. The van der Waals surface area contributed by atoms with Gasteiger partial charge in [0.2, 0.25) is 0 Å². The monoisotopic (exact) mass is 528 g/mol. The Morgan fingerprint density at radius 3 is 2.55 bits per heavy atom. The van der Waals surface area contributed by atoms with Crippen molar-refractivity contribution in [3.63, 3.8) is 0 Å². The van der Waals surface area contributed by atoms with Gasteiger partial charge in [-0.2, -0.15) is 0 Å². The lowest BCUT2D eigenvalue weighted by molar-refractivity contribution is -0.136. The summed E-state index contributed by atoms with van der Waals surface area (Å²) in [6, 6.07) is 22.3. The number of allylic oxidation sites excluding steroid dienone is 1. The maximum Gasteiger partial charge on any atom is 0.338 e. The summed E-state index contributed by atoms with van der Waals surface area (Å²) in [5.41, 5.74) is 3.17. The molecule has 0 bridgehead atoms. The largest absolute Gasteiger partial charge is 0.489 e. The summed E-state index contributed by atoms with van der Waals surface area (Å²) in [5.74, 6) is -0.171. The first-order chi connectivity index (χ1) is 18.5. The van der Waals surface area contributed by atoms with E-state index < -0.39 is 12.0 Å². The Hall–Kier alpha value is -4.30. The number of aromatic nitrogens is 1. The molecule has 1 atom stereocenters. The van der Waals surface area contributed by atoms with Crippen LogP contribution in [-0.2, 0) is 16.1 Å². The van der Waals surface area contributed by atoms with Gasteiger partial charge in [0.25, 0.3) is 5.56 Å². The minimum absolute atomic E-state index is 0.239. The van der Waals surface area contributed by atoms with Gasteiger partial charge < -0.3 is 9.47 Å². The summed E-state index contributed by atoms with van der Waals surface area (Å²) in [7, 11) is 1.33. The summed E-state index contributed by atoms with van der Waals surface area (Å²) in [5, 5.41) is 0. The first kappa shape index (κ1) is 25.4. The average molecular weight is 529 g/mol. The molecule has 1 aliphatic heterocycles. The Morgan fingerprint density at radius 1 is 1.08 bits per heavy atom. The van der Waals surface area contributed by atoms with Crippen LogP contribution in [0.15, 0.2) is 99.9 Å². The van der Waals surface area contributed by atoms with Gasteiger partial charge in [0.05, 0.1) is 29.0 Å². The van der Waals surface area contributed by atoms with Crippen LogP contribution in [0.1, 0.15) is 36.1 Å². The van der Waals surface area contributed by atoms with Crippen LogP contribution in [0.4, 0.5) is 4.39 Å². The summed E-state index contributed by atoms with van der Waals surface area (Å²) < 4.78 is 26.2. The Labute approximate surface area is 222 Å². The van der Waals surface area contributed by atoms with Crippen molar-refractivity contribution in [2.24, 2.45) is 4.99 Å². The number of nitrogens with zero attached hydrogens (tertiary/aromatic N) is 2. The highest BCUT2D eigenvalue weighted by molar-refractivity contribution is 7.07. The Balaban J connectivity index is 1.55. The van der Waals surface area contributed by atoms with Crippen molar-refractivity contribution in [1.29, 1.82) is 0 Å². The van der Waals surface area contributed by atoms with Crippen LogP contribution in [0.5, 0.6) is 5.75 Å². The third-order valence-corrected chi connectivity index (χ3v) is 7.22. The van der Waals surface area contributed by atoms with Crippen molar-refractivity contribution in [1.82, 2.24) is 4.57 Å². The molecule has 0 radical (unpaired) electrons. The number of esters is 1. The normalized spacial score (nSPS) is 15.1. The van der Waals surface area contributed by atoms with E-state index in [1.54, 1.807) is 22.8 Å². The molecule has 0 spiro atoms. The smallest absolute Gasteiger partial charge is 0.338 e. The quantitative estimate of drug-likeness (QED) is 0.331. The van der Waals surface area contributed by atoms with E-state index in [0.29, 0.717) is 39.4 Å². The Kier molecular flexibility index (Phi) is 7.33. The number of methoxy groups -OCH3 is 1. The maximum absolute atomic E-state index is 13.7. The summed E-state index contributed by atoms with van der Waals surface area (Å²) in [6.07, 6.45) is 2.32. The van der Waals surface area contributed by atoms with Gasteiger partial charge >= 0.3 is 5.97 Å². The maximum atomic E-state index is 13.7. The summed E-state index contributed by atoms with van der Waals surface area (Å²) >= 11 is 1.28. The predicted octanol–water partition coefficient (Wildman–Crippen LogP) is 4.52. The zero-order valence-corrected chi connectivity index (χ0v) is 21.7. The number of ether oxygens (including phenoxy) is 2. The molecule has 0 aliphatic carbocycles. The topological polar surface area (TPSA) is 69.9 Å². The average Bonchev–Trinajstić information content (AvgIpc) is 3.26. The molecule has 4 aromatic rings. The van der Waals surface area contributed by atoms with Gasteiger partial charge in [0.15, 0.2) is 4.80 Å². The van der Waals surface area contributed by atoms with E-state index in [4.69, 9.17) is 9.47 Å². The second-order valence-corrected chi connectivity index (χ2v) is 9.70. The molecule has 1 aromatic heterocycles. The van der Waals surface area contributed by atoms with Crippen LogP contribution in [-0.4, -0.2) is 17.6 Å². The number of thiazole rings is 1. The number of halogens is 1. The molecule has 0 amide bonds. The van der Waals surface area contributed by atoms with E-state index in [0.717, 1.165) is 16.7 Å². The molecule has 192 valence electrons. The molecule has 0 saturated carbocycles. The fourth-order valence-electron chi connectivity index (χ4n) is 4.41. The lowest BCUT2D eigenvalue weighted by Gasteiger charge is -2.25. The van der Waals surface area contributed by atoms with Crippen molar-refractivity contribution in [2.75, 3.05) is 7.11 Å². The number of benzene rings is 3. The van der Waals surface area contributed by atoms with Crippen molar-refractivity contribution in [2.45, 2.75) is 26.0 Å². The molecule has 8 heteroatoms. The third kappa shape index (κ3) is 5.08. The van der Waals surface area contributed by atoms with Gasteiger partial charge in [0, 0.05) is 0 Å². The van der Waals surface area contributed by atoms with E-state index in [1.807, 2.05) is 61.5 Å². The van der Waals surface area contributed by atoms with Crippen LogP contribution in [0.25, 0.3) is 6.08 Å². The van der Waals surface area contributed by atoms with Gasteiger partial charge in [-0.3, -0.25) is 9.36 Å². The lowest BCUT2D eigenvalue weighted by Crippen LogP contribution is -2.40. The number of rotatable bonds is 7. The molecule has 0 saturated heterocycles. The molecule has 0 fully saturated rings. The van der Waals surface area contributed by atoms with Crippen molar-refractivity contribution >= 4 is 23.4 Å². The molecule has 5 rings (SSSR count). The van der Waals surface area contributed by atoms with Gasteiger partial charge in [-0.1, -0.05) is 72.9 Å². The highest BCUT2D eigenvalue weighted by Crippen LogP contribution is 2.31. The molecule has 38 heavy (non-hydrogen) atoms. The second kappa shape index (κ2) is 11.0. The number of hydrogen-bond donors (Lipinski definition) is 0. The second-order valence-electron chi connectivity index (χ2n) is 8.69. The van der Waals surface area contributed by atoms with E-state index in [1.165, 1.54) is 30.6 Å². The van der Waals surface area contributed by atoms with Crippen LogP contribution < -0.4 is 19.6 Å². The Morgan fingerprint density at radius 2 is 1.84 bits per heavy atom. The van der Waals surface area contributed by atoms with Crippen molar-refractivity contribution < 1.29 is 18.7 Å². The standard InChI is InChI=1S/C30H25FN2O4S/c1-3-24-26(29(35)36-2)27(21-9-5-4-6-10-21)33-28(34)25(38-30(33)32-24)17-20-8-7-11-23(16-20)37-18-19-12-14-22(31)15-13-19/h4-17,27H,3,18H2,1-2H3/b25-17+/t27-/m0/s1. The fourth-order valence-corrected chi connectivity index (χ4v) is 5.43. The first-order valence-electron chi connectivity index (χ1n) is 12.1. The van der Waals surface area contributed by atoms with Crippen molar-refractivity contribution in [3.05, 3.63) is 132 Å². The van der Waals surface area contributed by atoms with E-state index in [-0.39, 0.29) is 11.4 Å².